The summed E-state index contributed by atoms with van der Waals surface area (Å²) in [6.07, 6.45) is 8.90. The highest BCUT2D eigenvalue weighted by molar-refractivity contribution is 7.67. The van der Waals surface area contributed by atoms with Gasteiger partial charge in [-0.3, -0.25) is 0 Å². The summed E-state index contributed by atoms with van der Waals surface area (Å²) in [7, 11) is -0.0384. The van der Waals surface area contributed by atoms with Gasteiger partial charge in [-0.05, 0) is 16.6 Å². The first-order chi connectivity index (χ1) is 10.6. The van der Waals surface area contributed by atoms with Gasteiger partial charge < -0.3 is 0 Å². The van der Waals surface area contributed by atoms with E-state index in [0.717, 1.165) is 29.7 Å². The van der Waals surface area contributed by atoms with Crippen molar-refractivity contribution >= 4 is 25.4 Å². The van der Waals surface area contributed by atoms with E-state index in [0.29, 0.717) is 0 Å². The van der Waals surface area contributed by atoms with Crippen LogP contribution in [0.15, 0.2) is 24.3 Å². The van der Waals surface area contributed by atoms with Gasteiger partial charge in [-0.2, -0.15) is 0 Å². The van der Waals surface area contributed by atoms with Gasteiger partial charge in [0.25, 0.3) is 0 Å². The molecule has 2 aliphatic rings. The van der Waals surface area contributed by atoms with Gasteiger partial charge >= 0.3 is 0 Å². The van der Waals surface area contributed by atoms with Crippen LogP contribution in [-0.2, 0) is 0 Å². The Labute approximate surface area is 139 Å². The van der Waals surface area contributed by atoms with Gasteiger partial charge in [0.05, 0.1) is 0 Å². The van der Waals surface area contributed by atoms with Crippen molar-refractivity contribution in [2.45, 2.75) is 89.2 Å². The van der Waals surface area contributed by atoms with Crippen LogP contribution < -0.4 is 10.8 Å². The zero-order valence-corrected chi connectivity index (χ0v) is 15.8. The smallest absolute Gasteiger partial charge is 0.0719 e. The molecule has 2 fully saturated rings. The highest BCUT2D eigenvalue weighted by atomic mass is 31.1. The minimum absolute atomic E-state index is 0.0384. The summed E-state index contributed by atoms with van der Waals surface area (Å²) in [5, 5.41) is 1.74. The van der Waals surface area contributed by atoms with Crippen molar-refractivity contribution in [2.75, 3.05) is 0 Å². The lowest BCUT2D eigenvalue weighted by molar-refractivity contribution is 0.448. The normalized spacial score (nSPS) is 25.3. The lowest BCUT2D eigenvalue weighted by Gasteiger charge is -2.42. The Bertz CT molecular complexity index is 466. The van der Waals surface area contributed by atoms with Crippen LogP contribution in [-0.4, -0.2) is 18.0 Å². The minimum Gasteiger partial charge on any atom is -0.0719 e. The number of rotatable bonds is 4. The third kappa shape index (κ3) is 3.16. The van der Waals surface area contributed by atoms with E-state index >= 15 is 0 Å². The molecule has 2 heterocycles. The van der Waals surface area contributed by atoms with Gasteiger partial charge in [0.2, 0.25) is 0 Å². The molecule has 0 unspecified atom stereocenters. The van der Waals surface area contributed by atoms with Crippen LogP contribution in [0.5, 0.6) is 0 Å². The molecule has 3 rings (SSSR count). The Morgan fingerprint density at radius 1 is 0.864 bits per heavy atom. The lowest BCUT2D eigenvalue weighted by Crippen LogP contribution is -2.50. The van der Waals surface area contributed by atoms with E-state index in [9.17, 15) is 0 Å². The average Bonchev–Trinajstić information content (AvgIpc) is 2.46. The van der Waals surface area contributed by atoms with Crippen molar-refractivity contribution in [3.8, 4) is 0 Å². The fourth-order valence-electron chi connectivity index (χ4n) is 5.34. The Morgan fingerprint density at radius 2 is 1.36 bits per heavy atom. The molecule has 1 aromatic carbocycles. The van der Waals surface area contributed by atoms with E-state index in [-0.39, 0.29) is 7.92 Å². The molecule has 0 aromatic heterocycles. The predicted molar refractivity (Wildman–Crippen MR) is 104 cm³/mol. The summed E-state index contributed by atoms with van der Waals surface area (Å²) in [6.45, 7) is 10.6. The van der Waals surface area contributed by atoms with Crippen molar-refractivity contribution in [3.63, 3.8) is 0 Å². The van der Waals surface area contributed by atoms with Crippen LogP contribution in [0.2, 0.25) is 11.6 Å². The fourth-order valence-corrected chi connectivity index (χ4v) is 8.43. The zero-order chi connectivity index (χ0) is 15.7. The van der Waals surface area contributed by atoms with Crippen LogP contribution >= 0.6 is 7.92 Å². The molecule has 22 heavy (non-hydrogen) atoms. The van der Waals surface area contributed by atoms with Crippen molar-refractivity contribution in [2.24, 2.45) is 0 Å². The molecule has 2 aliphatic heterocycles. The van der Waals surface area contributed by atoms with E-state index in [2.05, 4.69) is 52.0 Å². The molecule has 0 spiro atoms. The summed E-state index contributed by atoms with van der Waals surface area (Å²) >= 11 is 0. The maximum Gasteiger partial charge on any atom is 0.183 e. The first kappa shape index (κ1) is 16.6. The monoisotopic (exact) mass is 314 g/mol. The van der Waals surface area contributed by atoms with Crippen LogP contribution in [0.3, 0.4) is 0 Å². The van der Waals surface area contributed by atoms with E-state index in [1.165, 1.54) is 38.5 Å². The molecule has 0 amide bonds. The number of hydrogen-bond donors (Lipinski definition) is 0. The van der Waals surface area contributed by atoms with E-state index < -0.39 is 0 Å². The molecule has 2 heteroatoms. The third-order valence-electron chi connectivity index (χ3n) is 6.00. The Kier molecular flexibility index (Phi) is 5.33. The predicted octanol–water partition coefficient (Wildman–Crippen LogP) is 5.42. The maximum atomic E-state index is 2.50. The zero-order valence-electron chi connectivity index (χ0n) is 14.9. The summed E-state index contributed by atoms with van der Waals surface area (Å²) in [4.78, 5) is 0. The second kappa shape index (κ2) is 7.08. The average molecular weight is 314 g/mol. The Morgan fingerprint density at radius 3 is 1.86 bits per heavy atom. The Hall–Kier alpha value is -0.285. The van der Waals surface area contributed by atoms with Crippen molar-refractivity contribution in [1.29, 1.82) is 0 Å². The van der Waals surface area contributed by atoms with Crippen molar-refractivity contribution < 1.29 is 0 Å². The van der Waals surface area contributed by atoms with Crippen LogP contribution in [0.1, 0.15) is 66.2 Å². The van der Waals surface area contributed by atoms with Gasteiger partial charge in [-0.25, -0.2) is 0 Å². The van der Waals surface area contributed by atoms with Gasteiger partial charge in [0.1, 0.15) is 0 Å². The van der Waals surface area contributed by atoms with E-state index in [4.69, 9.17) is 0 Å². The largest absolute Gasteiger partial charge is 0.183 e. The van der Waals surface area contributed by atoms with Crippen LogP contribution in [0.25, 0.3) is 0 Å². The molecule has 0 radical (unpaired) electrons. The molecule has 0 aliphatic carbocycles. The van der Waals surface area contributed by atoms with Gasteiger partial charge in [-0.15, -0.1) is 0 Å². The van der Waals surface area contributed by atoms with E-state index in [1.807, 2.05) is 0 Å². The standard InChI is InChI=1S/C20H32BP/c1-15(2)22(16(3)4)20-14-6-5-13-19(20)21-17-9-7-10-18(21)12-8-11-17/h5-6,13-18H,7-12H2,1-4H3. The number of fused-ring (bicyclic) bond motifs is 2. The number of benzene rings is 1. The molecule has 2 saturated heterocycles. The van der Waals surface area contributed by atoms with Gasteiger partial charge in [0.15, 0.2) is 6.71 Å². The second-order valence-electron chi connectivity index (χ2n) is 8.06. The first-order valence-electron chi connectivity index (χ1n) is 9.47. The molecule has 0 atom stereocenters. The summed E-state index contributed by atoms with van der Waals surface area (Å²) in [5.74, 6) is 1.95. The number of hydrogen-bond acceptors (Lipinski definition) is 0. The summed E-state index contributed by atoms with van der Waals surface area (Å²) in [5.41, 5.74) is 3.34. The van der Waals surface area contributed by atoms with Gasteiger partial charge in [-0.1, -0.05) is 116 Å². The highest BCUT2D eigenvalue weighted by Crippen LogP contribution is 2.48. The third-order valence-corrected chi connectivity index (χ3v) is 9.19. The van der Waals surface area contributed by atoms with Crippen molar-refractivity contribution in [3.05, 3.63) is 24.3 Å². The summed E-state index contributed by atoms with van der Waals surface area (Å²) in [6, 6.07) is 9.57. The molecule has 120 valence electrons. The maximum absolute atomic E-state index is 2.50. The molecule has 2 bridgehead atoms. The van der Waals surface area contributed by atoms with Gasteiger partial charge in [0, 0.05) is 0 Å². The van der Waals surface area contributed by atoms with Crippen LogP contribution in [0.4, 0.5) is 0 Å². The topological polar surface area (TPSA) is 0 Å². The molecular weight excluding hydrogens is 282 g/mol. The lowest BCUT2D eigenvalue weighted by atomic mass is 9.25. The fraction of sp³-hybridized carbons (Fsp3) is 0.700. The SMILES string of the molecule is CC(C)P(c1ccccc1B1C2CCCC1CCC2)C(C)C. The molecule has 1 aromatic rings. The molecule has 0 N–H and O–H groups in total. The summed E-state index contributed by atoms with van der Waals surface area (Å²) < 4.78 is 0. The van der Waals surface area contributed by atoms with E-state index in [1.54, 1.807) is 10.8 Å². The molecule has 0 saturated carbocycles. The Balaban J connectivity index is 2.00. The first-order valence-corrected chi connectivity index (χ1v) is 10.9. The van der Waals surface area contributed by atoms with Crippen LogP contribution in [0, 0.1) is 0 Å². The minimum atomic E-state index is -0.0384. The van der Waals surface area contributed by atoms with Crippen molar-refractivity contribution in [1.82, 2.24) is 0 Å². The molecular formula is C20H32BP. The molecule has 0 nitrogen and oxygen atoms in total. The highest BCUT2D eigenvalue weighted by Gasteiger charge is 2.41. The second-order valence-corrected chi connectivity index (χ2v) is 11.4. The quantitative estimate of drug-likeness (QED) is 0.514.